The van der Waals surface area contributed by atoms with Gasteiger partial charge in [-0.3, -0.25) is 4.79 Å². The summed E-state index contributed by atoms with van der Waals surface area (Å²) >= 11 is 1.35. The van der Waals surface area contributed by atoms with Gasteiger partial charge in [-0.05, 0) is 25.3 Å². The highest BCUT2D eigenvalue weighted by Gasteiger charge is 2.42. The molecule has 0 saturated carbocycles. The van der Waals surface area contributed by atoms with Crippen molar-refractivity contribution in [3.63, 3.8) is 0 Å². The van der Waals surface area contributed by atoms with E-state index in [9.17, 15) is 13.2 Å². The molecular weight excluding hydrogens is 326 g/mol. The summed E-state index contributed by atoms with van der Waals surface area (Å²) in [5.74, 6) is -0.0857. The van der Waals surface area contributed by atoms with E-state index in [1.165, 1.54) is 15.6 Å². The third-order valence-corrected chi connectivity index (χ3v) is 6.55. The Morgan fingerprint density at radius 1 is 1.45 bits per heavy atom. The maximum absolute atomic E-state index is 13.0. The molecule has 22 heavy (non-hydrogen) atoms. The SMILES string of the molecule is Cc1noc(C)c1S(=O)(=O)N1CCNC(=O)[C@H]1c1cccs1. The van der Waals surface area contributed by atoms with Crippen molar-refractivity contribution in [2.24, 2.45) is 0 Å². The van der Waals surface area contributed by atoms with Crippen molar-refractivity contribution in [2.45, 2.75) is 24.8 Å². The fraction of sp³-hybridized carbons (Fsp3) is 0.385. The first kappa shape index (κ1) is 15.2. The topological polar surface area (TPSA) is 92.5 Å². The number of sulfonamides is 1. The molecule has 7 nitrogen and oxygen atoms in total. The van der Waals surface area contributed by atoms with Crippen molar-refractivity contribution in [2.75, 3.05) is 13.1 Å². The van der Waals surface area contributed by atoms with Crippen LogP contribution in [0.3, 0.4) is 0 Å². The van der Waals surface area contributed by atoms with Crippen LogP contribution in [0.1, 0.15) is 22.4 Å². The van der Waals surface area contributed by atoms with Gasteiger partial charge in [-0.25, -0.2) is 8.42 Å². The summed E-state index contributed by atoms with van der Waals surface area (Å²) in [6, 6.07) is 2.70. The molecule has 3 heterocycles. The van der Waals surface area contributed by atoms with Crippen molar-refractivity contribution in [3.05, 3.63) is 33.8 Å². The minimum atomic E-state index is -3.87. The van der Waals surface area contributed by atoms with Crippen molar-refractivity contribution in [1.82, 2.24) is 14.8 Å². The minimum Gasteiger partial charge on any atom is -0.360 e. The quantitative estimate of drug-likeness (QED) is 0.906. The molecule has 2 aromatic heterocycles. The predicted octanol–water partition coefficient (Wildman–Crippen LogP) is 1.21. The molecule has 0 spiro atoms. The van der Waals surface area contributed by atoms with Gasteiger partial charge in [0.2, 0.25) is 15.9 Å². The molecule has 0 radical (unpaired) electrons. The Morgan fingerprint density at radius 3 is 2.82 bits per heavy atom. The first-order valence-electron chi connectivity index (χ1n) is 6.68. The number of rotatable bonds is 3. The Hall–Kier alpha value is -1.71. The molecule has 0 bridgehead atoms. The average molecular weight is 341 g/mol. The van der Waals surface area contributed by atoms with Crippen LogP contribution in [0, 0.1) is 13.8 Å². The highest BCUT2D eigenvalue weighted by Crippen LogP contribution is 2.33. The van der Waals surface area contributed by atoms with Gasteiger partial charge >= 0.3 is 0 Å². The Kier molecular flexibility index (Phi) is 3.79. The lowest BCUT2D eigenvalue weighted by atomic mass is 10.2. The van der Waals surface area contributed by atoms with E-state index in [0.29, 0.717) is 10.6 Å². The smallest absolute Gasteiger partial charge is 0.249 e. The molecule has 0 aliphatic carbocycles. The molecule has 2 aromatic rings. The number of piperazine rings is 1. The number of carbonyl (C=O) groups excluding carboxylic acids is 1. The highest BCUT2D eigenvalue weighted by molar-refractivity contribution is 7.89. The fourth-order valence-corrected chi connectivity index (χ4v) is 5.35. The van der Waals surface area contributed by atoms with Gasteiger partial charge in [-0.2, -0.15) is 4.31 Å². The second-order valence-electron chi connectivity index (χ2n) is 4.98. The number of hydrogen-bond donors (Lipinski definition) is 1. The van der Waals surface area contributed by atoms with Crippen molar-refractivity contribution in [3.8, 4) is 0 Å². The van der Waals surface area contributed by atoms with E-state index in [2.05, 4.69) is 10.5 Å². The standard InChI is InChI=1S/C13H15N3O4S2/c1-8-12(9(2)20-15-8)22(18,19)16-6-5-14-13(17)11(16)10-4-3-7-21-10/h3-4,7,11H,5-6H2,1-2H3,(H,14,17)/t11-/m1/s1. The largest absolute Gasteiger partial charge is 0.360 e. The van der Waals surface area contributed by atoms with E-state index in [1.54, 1.807) is 26.0 Å². The summed E-state index contributed by atoms with van der Waals surface area (Å²) in [4.78, 5) is 13.0. The lowest BCUT2D eigenvalue weighted by Gasteiger charge is -2.33. The number of nitrogens with zero attached hydrogens (tertiary/aromatic N) is 2. The van der Waals surface area contributed by atoms with E-state index in [1.807, 2.05) is 5.38 Å². The Bertz CT molecular complexity index is 776. The summed E-state index contributed by atoms with van der Waals surface area (Å²) in [5, 5.41) is 8.24. The number of hydrogen-bond acceptors (Lipinski definition) is 6. The number of nitrogens with one attached hydrogen (secondary N) is 1. The van der Waals surface area contributed by atoms with Gasteiger partial charge in [0.25, 0.3) is 0 Å². The van der Waals surface area contributed by atoms with Crippen molar-refractivity contribution >= 4 is 27.3 Å². The average Bonchev–Trinajstić information content (AvgIpc) is 3.09. The number of amides is 1. The summed E-state index contributed by atoms with van der Waals surface area (Å²) in [6.07, 6.45) is 0. The Morgan fingerprint density at radius 2 is 2.23 bits per heavy atom. The lowest BCUT2D eigenvalue weighted by Crippen LogP contribution is -2.51. The molecule has 1 aliphatic rings. The van der Waals surface area contributed by atoms with Gasteiger partial charge in [0.05, 0.1) is 0 Å². The van der Waals surface area contributed by atoms with Gasteiger partial charge in [0, 0.05) is 18.0 Å². The van der Waals surface area contributed by atoms with Gasteiger partial charge < -0.3 is 9.84 Å². The second-order valence-corrected chi connectivity index (χ2v) is 7.78. The maximum atomic E-state index is 13.0. The summed E-state index contributed by atoms with van der Waals surface area (Å²) in [5.41, 5.74) is 0.299. The van der Waals surface area contributed by atoms with Crippen LogP contribution in [0.15, 0.2) is 26.9 Å². The lowest BCUT2D eigenvalue weighted by molar-refractivity contribution is -0.126. The second kappa shape index (κ2) is 5.49. The molecule has 1 amide bonds. The summed E-state index contributed by atoms with van der Waals surface area (Å²) in [7, 11) is -3.87. The van der Waals surface area contributed by atoms with Gasteiger partial charge in [0.15, 0.2) is 5.76 Å². The molecule has 118 valence electrons. The minimum absolute atomic E-state index is 0.0451. The van der Waals surface area contributed by atoms with Gasteiger partial charge in [0.1, 0.15) is 16.6 Å². The van der Waals surface area contributed by atoms with Gasteiger partial charge in [-0.15, -0.1) is 11.3 Å². The zero-order valence-electron chi connectivity index (χ0n) is 12.1. The Balaban J connectivity index is 2.10. The fourth-order valence-electron chi connectivity index (χ4n) is 2.58. The predicted molar refractivity (Wildman–Crippen MR) is 79.9 cm³/mol. The zero-order valence-corrected chi connectivity index (χ0v) is 13.7. The highest BCUT2D eigenvalue weighted by atomic mass is 32.2. The number of aromatic nitrogens is 1. The van der Waals surface area contributed by atoms with E-state index in [-0.39, 0.29) is 29.7 Å². The van der Waals surface area contributed by atoms with Crippen LogP contribution in [-0.2, 0) is 14.8 Å². The third-order valence-electron chi connectivity index (χ3n) is 3.51. The molecule has 0 unspecified atom stereocenters. The third kappa shape index (κ3) is 2.34. The normalized spacial score (nSPS) is 20.1. The van der Waals surface area contributed by atoms with E-state index in [0.717, 1.165) is 0 Å². The number of carbonyl (C=O) groups is 1. The molecule has 1 saturated heterocycles. The first-order chi connectivity index (χ1) is 10.4. The van der Waals surface area contributed by atoms with Crippen LogP contribution in [0.4, 0.5) is 0 Å². The van der Waals surface area contributed by atoms with Crippen LogP contribution in [0.25, 0.3) is 0 Å². The van der Waals surface area contributed by atoms with E-state index < -0.39 is 16.1 Å². The Labute approximate surface area is 132 Å². The van der Waals surface area contributed by atoms with Crippen molar-refractivity contribution < 1.29 is 17.7 Å². The molecule has 3 rings (SSSR count). The molecule has 1 atom stereocenters. The monoisotopic (exact) mass is 341 g/mol. The molecule has 1 aliphatic heterocycles. The maximum Gasteiger partial charge on any atom is 0.249 e. The van der Waals surface area contributed by atoms with Crippen LogP contribution >= 0.6 is 11.3 Å². The van der Waals surface area contributed by atoms with Crippen LogP contribution in [-0.4, -0.2) is 36.9 Å². The van der Waals surface area contributed by atoms with E-state index in [4.69, 9.17) is 4.52 Å². The summed E-state index contributed by atoms with van der Waals surface area (Å²) < 4.78 is 32.2. The molecular formula is C13H15N3O4S2. The van der Waals surface area contributed by atoms with Crippen LogP contribution in [0.5, 0.6) is 0 Å². The van der Waals surface area contributed by atoms with Crippen molar-refractivity contribution in [1.29, 1.82) is 0 Å². The first-order valence-corrected chi connectivity index (χ1v) is 9.00. The number of aryl methyl sites for hydroxylation is 2. The number of thiophene rings is 1. The molecule has 9 heteroatoms. The van der Waals surface area contributed by atoms with E-state index >= 15 is 0 Å². The van der Waals surface area contributed by atoms with Crippen LogP contribution in [0.2, 0.25) is 0 Å². The van der Waals surface area contributed by atoms with Gasteiger partial charge in [-0.1, -0.05) is 11.2 Å². The summed E-state index contributed by atoms with van der Waals surface area (Å²) in [6.45, 7) is 3.62. The molecule has 1 N–H and O–H groups in total. The zero-order chi connectivity index (χ0) is 15.9. The van der Waals surface area contributed by atoms with Crippen LogP contribution < -0.4 is 5.32 Å². The molecule has 1 fully saturated rings. The molecule has 0 aromatic carbocycles.